The van der Waals surface area contributed by atoms with Gasteiger partial charge in [-0.3, -0.25) is 24.1 Å². The average Bonchev–Trinajstić information content (AvgIpc) is 2.93. The number of alkyl halides is 2. The number of fused-ring (bicyclic) bond motifs is 1. The zero-order valence-corrected chi connectivity index (χ0v) is 14.8. The highest BCUT2D eigenvalue weighted by molar-refractivity contribution is 6.22. The second-order valence-corrected chi connectivity index (χ2v) is 5.85. The smallest absolute Gasteiger partial charge is 0.387 e. The molecule has 0 saturated heterocycles. The second kappa shape index (κ2) is 8.46. The van der Waals surface area contributed by atoms with Crippen LogP contribution >= 0.6 is 0 Å². The van der Waals surface area contributed by atoms with Crippen molar-refractivity contribution in [3.8, 4) is 5.75 Å². The van der Waals surface area contributed by atoms with E-state index < -0.39 is 43.5 Å². The van der Waals surface area contributed by atoms with E-state index in [1.165, 1.54) is 36.4 Å². The summed E-state index contributed by atoms with van der Waals surface area (Å²) in [6.07, 6.45) is 0. The number of carbonyl (C=O) groups excluding carboxylic acids is 4. The number of hydrogen-bond donors (Lipinski definition) is 1. The zero-order chi connectivity index (χ0) is 21.0. The molecule has 0 atom stereocenters. The molecule has 1 aliphatic heterocycles. The molecule has 3 amide bonds. The van der Waals surface area contributed by atoms with Gasteiger partial charge in [-0.1, -0.05) is 12.1 Å². The Kier molecular flexibility index (Phi) is 5.82. The Morgan fingerprint density at radius 2 is 1.55 bits per heavy atom. The van der Waals surface area contributed by atoms with Gasteiger partial charge in [-0.25, -0.2) is 0 Å². The van der Waals surface area contributed by atoms with Crippen LogP contribution in [-0.2, 0) is 14.3 Å². The van der Waals surface area contributed by atoms with Crippen LogP contribution in [0.3, 0.4) is 0 Å². The maximum Gasteiger partial charge on any atom is 0.387 e. The molecule has 1 aliphatic rings. The van der Waals surface area contributed by atoms with Crippen LogP contribution in [0, 0.1) is 0 Å². The van der Waals surface area contributed by atoms with Gasteiger partial charge in [0.2, 0.25) is 0 Å². The van der Waals surface area contributed by atoms with Crippen molar-refractivity contribution in [1.29, 1.82) is 0 Å². The third-order valence-corrected chi connectivity index (χ3v) is 3.89. The van der Waals surface area contributed by atoms with Crippen LogP contribution in [0.2, 0.25) is 0 Å². The van der Waals surface area contributed by atoms with Crippen LogP contribution in [0.1, 0.15) is 20.7 Å². The molecule has 8 nitrogen and oxygen atoms in total. The Balaban J connectivity index is 1.48. The summed E-state index contributed by atoms with van der Waals surface area (Å²) in [5.74, 6) is -2.93. The Bertz CT molecular complexity index is 926. The number of amides is 3. The molecule has 1 N–H and O–H groups in total. The fourth-order valence-electron chi connectivity index (χ4n) is 2.62. The lowest BCUT2D eigenvalue weighted by Crippen LogP contribution is -2.36. The van der Waals surface area contributed by atoms with Gasteiger partial charge in [0.25, 0.3) is 17.7 Å². The third-order valence-electron chi connectivity index (χ3n) is 3.89. The Labute approximate surface area is 163 Å². The quantitative estimate of drug-likeness (QED) is 0.560. The molecular weight excluding hydrogens is 390 g/mol. The van der Waals surface area contributed by atoms with Crippen molar-refractivity contribution in [3.05, 3.63) is 59.7 Å². The predicted octanol–water partition coefficient (Wildman–Crippen LogP) is 2.07. The van der Waals surface area contributed by atoms with E-state index in [9.17, 15) is 28.0 Å². The largest absolute Gasteiger partial charge is 0.454 e. The van der Waals surface area contributed by atoms with Crippen molar-refractivity contribution in [2.75, 3.05) is 18.5 Å². The fraction of sp³-hybridized carbons (Fsp3) is 0.158. The first kappa shape index (κ1) is 19.9. The van der Waals surface area contributed by atoms with Gasteiger partial charge in [0, 0.05) is 5.69 Å². The van der Waals surface area contributed by atoms with Crippen molar-refractivity contribution in [2.45, 2.75) is 6.61 Å². The third kappa shape index (κ3) is 4.72. The number of imide groups is 1. The minimum atomic E-state index is -2.96. The van der Waals surface area contributed by atoms with Crippen LogP contribution < -0.4 is 10.1 Å². The van der Waals surface area contributed by atoms with Gasteiger partial charge in [0.05, 0.1) is 11.1 Å². The molecule has 0 radical (unpaired) electrons. The standard InChI is InChI=1S/C19H14F2N2O6/c20-19(21)29-12-7-5-11(6-8-12)22-15(24)10-28-16(25)9-23-17(26)13-3-1-2-4-14(13)18(23)27/h1-8,19H,9-10H2,(H,22,24). The van der Waals surface area contributed by atoms with Gasteiger partial charge in [0.15, 0.2) is 6.61 Å². The second-order valence-electron chi connectivity index (χ2n) is 5.85. The summed E-state index contributed by atoms with van der Waals surface area (Å²) in [6, 6.07) is 11.3. The number of nitrogens with one attached hydrogen (secondary N) is 1. The van der Waals surface area contributed by atoms with Crippen LogP contribution in [0.4, 0.5) is 14.5 Å². The normalized spacial score (nSPS) is 12.7. The minimum Gasteiger partial charge on any atom is -0.454 e. The molecular formula is C19H14F2N2O6. The topological polar surface area (TPSA) is 102 Å². The van der Waals surface area contributed by atoms with E-state index in [1.807, 2.05) is 0 Å². The summed E-state index contributed by atoms with van der Waals surface area (Å²) in [7, 11) is 0. The molecule has 10 heteroatoms. The van der Waals surface area contributed by atoms with E-state index in [1.54, 1.807) is 12.1 Å². The van der Waals surface area contributed by atoms with Gasteiger partial charge in [-0.05, 0) is 36.4 Å². The monoisotopic (exact) mass is 404 g/mol. The van der Waals surface area contributed by atoms with Gasteiger partial charge >= 0.3 is 12.6 Å². The highest BCUT2D eigenvalue weighted by Gasteiger charge is 2.36. The minimum absolute atomic E-state index is 0.0784. The molecule has 0 aromatic heterocycles. The highest BCUT2D eigenvalue weighted by atomic mass is 19.3. The number of nitrogens with zero attached hydrogens (tertiary/aromatic N) is 1. The number of benzene rings is 2. The summed E-state index contributed by atoms with van der Waals surface area (Å²) in [5, 5.41) is 2.40. The van der Waals surface area contributed by atoms with Gasteiger partial charge in [-0.2, -0.15) is 8.78 Å². The molecule has 2 aromatic rings. The van der Waals surface area contributed by atoms with Crippen molar-refractivity contribution in [2.24, 2.45) is 0 Å². The number of halogens is 2. The molecule has 0 bridgehead atoms. The number of anilines is 1. The van der Waals surface area contributed by atoms with E-state index in [-0.39, 0.29) is 22.6 Å². The van der Waals surface area contributed by atoms with Crippen LogP contribution in [0.25, 0.3) is 0 Å². The van der Waals surface area contributed by atoms with E-state index in [0.29, 0.717) is 0 Å². The van der Waals surface area contributed by atoms with Gasteiger partial charge < -0.3 is 14.8 Å². The highest BCUT2D eigenvalue weighted by Crippen LogP contribution is 2.22. The fourth-order valence-corrected chi connectivity index (χ4v) is 2.62. The zero-order valence-electron chi connectivity index (χ0n) is 14.8. The number of esters is 1. The molecule has 0 aliphatic carbocycles. The molecule has 0 spiro atoms. The first-order valence-electron chi connectivity index (χ1n) is 8.30. The van der Waals surface area contributed by atoms with Crippen molar-refractivity contribution in [1.82, 2.24) is 4.90 Å². The molecule has 29 heavy (non-hydrogen) atoms. The van der Waals surface area contributed by atoms with E-state index >= 15 is 0 Å². The average molecular weight is 404 g/mol. The molecule has 0 saturated carbocycles. The lowest BCUT2D eigenvalue weighted by molar-refractivity contribution is -0.147. The van der Waals surface area contributed by atoms with Gasteiger partial charge in [0.1, 0.15) is 12.3 Å². The van der Waals surface area contributed by atoms with Crippen LogP contribution in [0.5, 0.6) is 5.75 Å². The SMILES string of the molecule is O=C(COC(=O)CN1C(=O)c2ccccc2C1=O)Nc1ccc(OC(F)F)cc1. The molecule has 0 fully saturated rings. The molecule has 3 rings (SSSR count). The summed E-state index contributed by atoms with van der Waals surface area (Å²) in [5.41, 5.74) is 0.664. The van der Waals surface area contributed by atoms with Gasteiger partial charge in [-0.15, -0.1) is 0 Å². The summed E-state index contributed by atoms with van der Waals surface area (Å²) < 4.78 is 33.2. The Morgan fingerprint density at radius 1 is 0.966 bits per heavy atom. The number of carbonyl (C=O) groups is 4. The maximum atomic E-state index is 12.2. The Hall–Kier alpha value is -3.82. The number of rotatable bonds is 7. The van der Waals surface area contributed by atoms with E-state index in [2.05, 4.69) is 10.1 Å². The maximum absolute atomic E-state index is 12.2. The molecule has 2 aromatic carbocycles. The van der Waals surface area contributed by atoms with E-state index in [0.717, 1.165) is 4.90 Å². The lowest BCUT2D eigenvalue weighted by Gasteiger charge is -2.13. The lowest BCUT2D eigenvalue weighted by atomic mass is 10.1. The summed E-state index contributed by atoms with van der Waals surface area (Å²) in [6.45, 7) is -4.24. The summed E-state index contributed by atoms with van der Waals surface area (Å²) in [4.78, 5) is 48.8. The molecule has 0 unspecified atom stereocenters. The van der Waals surface area contributed by atoms with Crippen molar-refractivity contribution in [3.63, 3.8) is 0 Å². The number of ether oxygens (including phenoxy) is 2. The van der Waals surface area contributed by atoms with Crippen LogP contribution in [0.15, 0.2) is 48.5 Å². The molecule has 1 heterocycles. The van der Waals surface area contributed by atoms with Crippen molar-refractivity contribution >= 4 is 29.4 Å². The first-order valence-corrected chi connectivity index (χ1v) is 8.30. The van der Waals surface area contributed by atoms with E-state index in [4.69, 9.17) is 4.74 Å². The van der Waals surface area contributed by atoms with Crippen LogP contribution in [-0.4, -0.2) is 48.4 Å². The van der Waals surface area contributed by atoms with Crippen molar-refractivity contribution < 1.29 is 37.4 Å². The Morgan fingerprint density at radius 3 is 2.10 bits per heavy atom. The molecule has 150 valence electrons. The first-order chi connectivity index (χ1) is 13.8. The number of hydrogen-bond acceptors (Lipinski definition) is 6. The summed E-state index contributed by atoms with van der Waals surface area (Å²) >= 11 is 0. The predicted molar refractivity (Wildman–Crippen MR) is 94.5 cm³/mol.